The lowest BCUT2D eigenvalue weighted by molar-refractivity contribution is 1.17. The number of aromatic nitrogens is 1. The Balaban J connectivity index is 1.04. The van der Waals surface area contributed by atoms with E-state index in [4.69, 9.17) is 0 Å². The number of hydrogen-bond donors (Lipinski definition) is 0. The summed E-state index contributed by atoms with van der Waals surface area (Å²) in [5.74, 6) is 0. The van der Waals surface area contributed by atoms with Gasteiger partial charge in [0, 0.05) is 67.0 Å². The zero-order valence-corrected chi connectivity index (χ0v) is 38.3. The number of anilines is 9. The first-order chi connectivity index (χ1) is 34.7. The highest BCUT2D eigenvalue weighted by Gasteiger charge is 2.22. The fourth-order valence-electron chi connectivity index (χ4n) is 10.5. The first-order valence-corrected chi connectivity index (χ1v) is 23.9. The number of para-hydroxylation sites is 3. The van der Waals surface area contributed by atoms with Crippen LogP contribution in [0.1, 0.15) is 0 Å². The van der Waals surface area contributed by atoms with Gasteiger partial charge in [-0.15, -0.1) is 0 Å². The normalized spacial score (nSPS) is 11.4. The van der Waals surface area contributed by atoms with Crippen molar-refractivity contribution in [1.82, 2.24) is 4.57 Å². The maximum Gasteiger partial charge on any atom is 0.0561 e. The van der Waals surface area contributed by atoms with Crippen LogP contribution >= 0.6 is 0 Å². The molecule has 0 atom stereocenters. The number of hydrogen-bond acceptors (Lipinski definition) is 3. The number of benzene rings is 12. The summed E-state index contributed by atoms with van der Waals surface area (Å²) in [5.41, 5.74) is 13.2. The van der Waals surface area contributed by atoms with E-state index in [1.165, 1.54) is 43.1 Å². The summed E-state index contributed by atoms with van der Waals surface area (Å²) < 4.78 is 2.46. The molecule has 0 saturated heterocycles. The van der Waals surface area contributed by atoms with Gasteiger partial charge in [-0.25, -0.2) is 0 Å². The van der Waals surface area contributed by atoms with Crippen LogP contribution < -0.4 is 14.7 Å². The van der Waals surface area contributed by atoms with Crippen molar-refractivity contribution in [3.63, 3.8) is 0 Å². The fourth-order valence-corrected chi connectivity index (χ4v) is 10.5. The van der Waals surface area contributed by atoms with Gasteiger partial charge in [-0.2, -0.15) is 0 Å². The second-order valence-electron chi connectivity index (χ2n) is 17.8. The molecule has 0 fully saturated rings. The zero-order chi connectivity index (χ0) is 46.4. The van der Waals surface area contributed by atoms with Gasteiger partial charge in [0.15, 0.2) is 0 Å². The van der Waals surface area contributed by atoms with Crippen LogP contribution in [0.3, 0.4) is 0 Å². The van der Waals surface area contributed by atoms with E-state index in [0.29, 0.717) is 0 Å². The molecule has 13 rings (SSSR count). The lowest BCUT2D eigenvalue weighted by atomic mass is 10.1. The number of rotatable bonds is 10. The molecule has 0 radical (unpaired) electrons. The maximum atomic E-state index is 2.46. The monoisotopic (exact) mass is 894 g/mol. The predicted octanol–water partition coefficient (Wildman–Crippen LogP) is 18.7. The molecule has 13 aromatic rings. The van der Waals surface area contributed by atoms with E-state index in [2.05, 4.69) is 298 Å². The smallest absolute Gasteiger partial charge is 0.0561 e. The summed E-state index contributed by atoms with van der Waals surface area (Å²) in [6.07, 6.45) is 0. The van der Waals surface area contributed by atoms with Crippen LogP contribution in [0.15, 0.2) is 279 Å². The van der Waals surface area contributed by atoms with Gasteiger partial charge in [-0.1, -0.05) is 170 Å². The van der Waals surface area contributed by atoms with Crippen molar-refractivity contribution in [1.29, 1.82) is 0 Å². The van der Waals surface area contributed by atoms with Crippen molar-refractivity contribution in [2.45, 2.75) is 0 Å². The van der Waals surface area contributed by atoms with E-state index < -0.39 is 0 Å². The Morgan fingerprint density at radius 3 is 1.10 bits per heavy atom. The van der Waals surface area contributed by atoms with Crippen molar-refractivity contribution < 1.29 is 0 Å². The Morgan fingerprint density at radius 1 is 0.214 bits per heavy atom. The molecular formula is C66H46N4. The average molecular weight is 895 g/mol. The van der Waals surface area contributed by atoms with Gasteiger partial charge in [0.2, 0.25) is 0 Å². The van der Waals surface area contributed by atoms with Crippen molar-refractivity contribution in [2.75, 3.05) is 14.7 Å². The molecule has 0 N–H and O–H groups in total. The van der Waals surface area contributed by atoms with Crippen molar-refractivity contribution in [2.24, 2.45) is 0 Å². The molecule has 0 saturated carbocycles. The molecule has 12 aromatic carbocycles. The van der Waals surface area contributed by atoms with E-state index in [9.17, 15) is 0 Å². The number of nitrogens with zero attached hydrogens (tertiary/aromatic N) is 4. The molecule has 0 unspecified atom stereocenters. The second kappa shape index (κ2) is 17.4. The van der Waals surface area contributed by atoms with Gasteiger partial charge in [0.05, 0.1) is 22.4 Å². The van der Waals surface area contributed by atoms with Gasteiger partial charge >= 0.3 is 0 Å². The summed E-state index contributed by atoms with van der Waals surface area (Å²) >= 11 is 0. The van der Waals surface area contributed by atoms with Gasteiger partial charge < -0.3 is 19.3 Å². The maximum absolute atomic E-state index is 2.46. The number of fused-ring (bicyclic) bond motifs is 6. The van der Waals surface area contributed by atoms with Gasteiger partial charge in [-0.05, 0) is 131 Å². The van der Waals surface area contributed by atoms with E-state index in [1.807, 2.05) is 0 Å². The molecule has 0 aliphatic heterocycles. The van der Waals surface area contributed by atoms with Crippen LogP contribution in [-0.2, 0) is 0 Å². The Hall–Kier alpha value is -9.38. The molecule has 0 bridgehead atoms. The van der Waals surface area contributed by atoms with Crippen molar-refractivity contribution in [3.8, 4) is 5.69 Å². The van der Waals surface area contributed by atoms with Crippen LogP contribution in [0, 0.1) is 0 Å². The van der Waals surface area contributed by atoms with Crippen LogP contribution in [0.5, 0.6) is 0 Å². The Kier molecular flexibility index (Phi) is 10.1. The zero-order valence-electron chi connectivity index (χ0n) is 38.3. The Morgan fingerprint density at radius 2 is 0.586 bits per heavy atom. The minimum Gasteiger partial charge on any atom is -0.310 e. The third-order valence-corrected chi connectivity index (χ3v) is 13.7. The minimum absolute atomic E-state index is 1.07. The highest BCUT2D eigenvalue weighted by molar-refractivity contribution is 6.12. The summed E-state index contributed by atoms with van der Waals surface area (Å²) in [5, 5.41) is 9.57. The molecular weight excluding hydrogens is 849 g/mol. The molecule has 4 heteroatoms. The van der Waals surface area contributed by atoms with Crippen LogP contribution in [0.2, 0.25) is 0 Å². The standard InChI is InChI=1S/C66H46N4/c1-4-24-51(25-5-1)67(56-35-34-47-18-10-11-21-50(47)44-56)54-36-38-55(39-37-54)70-65-45-57(68(52-26-6-2-7-27-52)63-32-16-22-48-19-12-14-30-59(48)63)40-42-61(65)62-43-41-58(46-66(62)70)69(53-28-8-3-9-29-53)64-33-17-23-49-20-13-15-31-60(49)64/h1-46H. The van der Waals surface area contributed by atoms with Gasteiger partial charge in [-0.3, -0.25) is 0 Å². The molecule has 0 aliphatic carbocycles. The largest absolute Gasteiger partial charge is 0.310 e. The molecule has 70 heavy (non-hydrogen) atoms. The third kappa shape index (κ3) is 7.18. The van der Waals surface area contributed by atoms with E-state index in [-0.39, 0.29) is 0 Å². The van der Waals surface area contributed by atoms with Crippen LogP contribution in [0.25, 0.3) is 59.8 Å². The predicted molar refractivity (Wildman–Crippen MR) is 297 cm³/mol. The molecule has 0 spiro atoms. The Labute approximate surface area is 407 Å². The first-order valence-electron chi connectivity index (χ1n) is 23.9. The highest BCUT2D eigenvalue weighted by Crippen LogP contribution is 2.45. The first kappa shape index (κ1) is 40.9. The molecule has 0 amide bonds. The van der Waals surface area contributed by atoms with Gasteiger partial charge in [0.1, 0.15) is 0 Å². The molecule has 330 valence electrons. The summed E-state index contributed by atoms with van der Waals surface area (Å²) in [6, 6.07) is 101. The fraction of sp³-hybridized carbons (Fsp3) is 0. The highest BCUT2D eigenvalue weighted by atomic mass is 15.2. The molecule has 1 aromatic heterocycles. The summed E-state index contributed by atoms with van der Waals surface area (Å²) in [7, 11) is 0. The third-order valence-electron chi connectivity index (χ3n) is 13.7. The topological polar surface area (TPSA) is 14.7 Å². The minimum atomic E-state index is 1.07. The van der Waals surface area contributed by atoms with E-state index >= 15 is 0 Å². The van der Waals surface area contributed by atoms with Gasteiger partial charge in [0.25, 0.3) is 0 Å². The SMILES string of the molecule is c1ccc(N(c2ccc(-n3c4cc(N(c5ccccc5)c5cccc6ccccc56)ccc4c4ccc(N(c5ccccc5)c5cccc6ccccc56)cc43)cc2)c2ccc3ccccc3c2)cc1. The molecule has 0 aliphatic rings. The van der Waals surface area contributed by atoms with Crippen molar-refractivity contribution in [3.05, 3.63) is 279 Å². The van der Waals surface area contributed by atoms with E-state index in [0.717, 1.165) is 67.9 Å². The summed E-state index contributed by atoms with van der Waals surface area (Å²) in [6.45, 7) is 0. The summed E-state index contributed by atoms with van der Waals surface area (Å²) in [4.78, 5) is 7.15. The van der Waals surface area contributed by atoms with Crippen LogP contribution in [-0.4, -0.2) is 4.57 Å². The lowest BCUT2D eigenvalue weighted by Gasteiger charge is -2.27. The van der Waals surface area contributed by atoms with Crippen LogP contribution in [0.4, 0.5) is 51.2 Å². The second-order valence-corrected chi connectivity index (χ2v) is 17.8. The molecule has 4 nitrogen and oxygen atoms in total. The van der Waals surface area contributed by atoms with Crippen molar-refractivity contribution >= 4 is 105 Å². The average Bonchev–Trinajstić information content (AvgIpc) is 3.75. The quantitative estimate of drug-likeness (QED) is 0.136. The molecule has 1 heterocycles. The Bertz CT molecular complexity index is 3820. The lowest BCUT2D eigenvalue weighted by Crippen LogP contribution is -2.11. The van der Waals surface area contributed by atoms with E-state index in [1.54, 1.807) is 0 Å².